The average Bonchev–Trinajstić information content (AvgIpc) is 1.50. The summed E-state index contributed by atoms with van der Waals surface area (Å²) in [6.07, 6.45) is 3.77. The van der Waals surface area contributed by atoms with Crippen LogP contribution < -0.4 is 9.47 Å². The molecule has 0 saturated carbocycles. The summed E-state index contributed by atoms with van der Waals surface area (Å²) in [6.45, 7) is -0.961. The number of fused-ring (bicyclic) bond motifs is 11. The quantitative estimate of drug-likeness (QED) is 0.0337. The van der Waals surface area contributed by atoms with E-state index in [9.17, 15) is 0 Å². The van der Waals surface area contributed by atoms with Gasteiger partial charge in [0, 0.05) is 43.2 Å². The maximum atomic E-state index is 15.8. The first-order chi connectivity index (χ1) is 41.9. The third-order valence-corrected chi connectivity index (χ3v) is 21.7. The number of hydrogen-bond acceptors (Lipinski definition) is 18. The molecule has 0 amide bonds. The molecule has 0 bridgehead atoms. The van der Waals surface area contributed by atoms with Gasteiger partial charge in [-0.2, -0.15) is 0 Å². The fourth-order valence-corrected chi connectivity index (χ4v) is 17.7. The molecular formula is C68H40O10S8. The van der Waals surface area contributed by atoms with Crippen LogP contribution in [0.15, 0.2) is 193 Å². The van der Waals surface area contributed by atoms with Crippen LogP contribution in [-0.4, -0.2) is 43.3 Å². The minimum absolute atomic E-state index is 0.0879. The summed E-state index contributed by atoms with van der Waals surface area (Å²) in [5, 5.41) is 0. The van der Waals surface area contributed by atoms with Crippen molar-refractivity contribution in [2.24, 2.45) is 0 Å². The van der Waals surface area contributed by atoms with E-state index in [1.54, 1.807) is 60.7 Å². The lowest BCUT2D eigenvalue weighted by molar-refractivity contribution is -0.184. The van der Waals surface area contributed by atoms with Gasteiger partial charge in [0.25, 0.3) is 0 Å². The summed E-state index contributed by atoms with van der Waals surface area (Å²) in [6, 6.07) is 55.1. The van der Waals surface area contributed by atoms with E-state index in [0.717, 1.165) is 44.9 Å². The maximum absolute atomic E-state index is 15.8. The van der Waals surface area contributed by atoms with Gasteiger partial charge in [-0.3, -0.25) is 0 Å². The fourth-order valence-electron chi connectivity index (χ4n) is 10.9. The first kappa shape index (κ1) is 55.6. The number of thiocarbonyl (C=S) groups is 4. The smallest absolute Gasteiger partial charge is 0.367 e. The van der Waals surface area contributed by atoms with Gasteiger partial charge in [0.2, 0.25) is 0 Å². The van der Waals surface area contributed by atoms with Crippen molar-refractivity contribution in [1.29, 1.82) is 0 Å². The highest BCUT2D eigenvalue weighted by Gasteiger charge is 2.64. The van der Waals surface area contributed by atoms with E-state index < -0.39 is 35.1 Å². The maximum Gasteiger partial charge on any atom is 0.367 e. The van der Waals surface area contributed by atoms with Crippen LogP contribution >= 0.6 is 94.2 Å². The molecule has 6 aromatic carbocycles. The molecule has 86 heavy (non-hydrogen) atoms. The van der Waals surface area contributed by atoms with Crippen LogP contribution in [0.4, 0.5) is 0 Å². The first-order valence-electron chi connectivity index (χ1n) is 26.8. The Hall–Kier alpha value is -8.30. The Kier molecular flexibility index (Phi) is 14.6. The lowest BCUT2D eigenvalue weighted by Crippen LogP contribution is -2.52. The molecule has 0 saturated heterocycles. The Bertz CT molecular complexity index is 4110. The number of benzene rings is 6. The van der Waals surface area contributed by atoms with Gasteiger partial charge >= 0.3 is 35.1 Å². The molecule has 420 valence electrons. The van der Waals surface area contributed by atoms with E-state index in [2.05, 4.69) is 0 Å². The second-order valence-electron chi connectivity index (χ2n) is 20.3. The molecule has 10 nitrogen and oxygen atoms in total. The predicted molar refractivity (Wildman–Crippen MR) is 352 cm³/mol. The molecule has 18 heteroatoms. The molecule has 0 radical (unpaired) electrons. The third kappa shape index (κ3) is 9.43. The molecule has 0 atom stereocenters. The summed E-state index contributed by atoms with van der Waals surface area (Å²) < 4.78 is 39.7. The van der Waals surface area contributed by atoms with Crippen molar-refractivity contribution in [3.8, 4) is 31.0 Å². The highest BCUT2D eigenvalue weighted by atomic mass is 32.1. The van der Waals surface area contributed by atoms with Crippen molar-refractivity contribution in [2.45, 2.75) is 37.6 Å². The van der Waals surface area contributed by atoms with Gasteiger partial charge in [-0.05, 0) is 46.5 Å². The van der Waals surface area contributed by atoms with Crippen molar-refractivity contribution >= 4 is 159 Å². The van der Waals surface area contributed by atoms with Gasteiger partial charge < -0.3 is 28.4 Å². The summed E-state index contributed by atoms with van der Waals surface area (Å²) >= 11 is 29.0. The van der Waals surface area contributed by atoms with Gasteiger partial charge in [0.15, 0.2) is 0 Å². The molecule has 2 aliphatic carbocycles. The summed E-state index contributed by atoms with van der Waals surface area (Å²) in [4.78, 5) is 68.7. The molecule has 0 fully saturated rings. The number of allylic oxidation sites excluding steroid dienone is 2. The average molecular weight is 1270 g/mol. The van der Waals surface area contributed by atoms with Crippen molar-refractivity contribution in [1.82, 2.24) is 0 Å². The zero-order valence-corrected chi connectivity index (χ0v) is 51.2. The van der Waals surface area contributed by atoms with Gasteiger partial charge in [0.05, 0.1) is 59.5 Å². The topological polar surface area (TPSA) is 124 Å². The van der Waals surface area contributed by atoms with Crippen LogP contribution in [0.25, 0.3) is 41.1 Å². The highest BCUT2D eigenvalue weighted by molar-refractivity contribution is 7.84. The monoisotopic (exact) mass is 1270 g/mol. The predicted octanol–water partition coefficient (Wildman–Crippen LogP) is 15.6. The van der Waals surface area contributed by atoms with Crippen molar-refractivity contribution in [3.63, 3.8) is 0 Å². The number of rotatable bonds is 14. The number of ether oxygens (including phenoxy) is 6. The lowest BCUT2D eigenvalue weighted by Gasteiger charge is -2.33. The van der Waals surface area contributed by atoms with E-state index in [1.165, 1.54) is 22.7 Å². The fraction of sp³-hybridized carbons (Fsp3) is 0.0882. The molecule has 0 N–H and O–H groups in total. The van der Waals surface area contributed by atoms with Crippen LogP contribution in [0, 0.1) is 0 Å². The Labute approximate surface area is 529 Å². The Morgan fingerprint density at radius 2 is 0.640 bits per heavy atom. The molecule has 2 aliphatic heterocycles. The second-order valence-corrected chi connectivity index (χ2v) is 26.1. The Morgan fingerprint density at radius 3 is 0.919 bits per heavy atom. The largest absolute Gasteiger partial charge is 0.458 e. The van der Waals surface area contributed by atoms with Gasteiger partial charge in [-0.15, -0.1) is 45.3 Å². The molecule has 0 spiro atoms. The van der Waals surface area contributed by atoms with E-state index in [0.29, 0.717) is 91.5 Å². The van der Waals surface area contributed by atoms with E-state index >= 15 is 19.2 Å². The molecule has 10 aromatic rings. The SMILES string of the molecule is O=C(OCc1ccccc1)C1(C(=O)OCc2ccccc2)Oc2cc(C=C3C(=S)c4ccccc4C3=S)sc2-c2sc3c4c(sc3c21)-c1sc(C=C2C(=S)c3ccccc3C2=S)cc1OC4(C(=O)OCc1ccccc1)C(=O)OCc1ccccc1. The van der Waals surface area contributed by atoms with E-state index in [-0.39, 0.29) is 49.1 Å². The molecule has 4 aliphatic rings. The molecule has 14 rings (SSSR count). The zero-order valence-electron chi connectivity index (χ0n) is 44.7. The van der Waals surface area contributed by atoms with Crippen molar-refractivity contribution in [3.05, 3.63) is 259 Å². The number of esters is 4. The van der Waals surface area contributed by atoms with E-state index in [1.807, 2.05) is 133 Å². The third-order valence-electron chi connectivity index (χ3n) is 15.0. The number of hydrogen-bond donors (Lipinski definition) is 0. The summed E-state index contributed by atoms with van der Waals surface area (Å²) in [5.74, 6) is -3.96. The van der Waals surface area contributed by atoms with Gasteiger partial charge in [0.1, 0.15) is 37.9 Å². The van der Waals surface area contributed by atoms with Crippen LogP contribution in [0.2, 0.25) is 0 Å². The van der Waals surface area contributed by atoms with Crippen molar-refractivity contribution < 1.29 is 47.6 Å². The minimum atomic E-state index is -2.67. The van der Waals surface area contributed by atoms with Crippen molar-refractivity contribution in [2.75, 3.05) is 0 Å². The van der Waals surface area contributed by atoms with E-state index in [4.69, 9.17) is 77.3 Å². The van der Waals surface area contributed by atoms with Crippen LogP contribution in [-0.2, 0) is 75.8 Å². The minimum Gasteiger partial charge on any atom is -0.458 e. The Morgan fingerprint density at radius 1 is 0.372 bits per heavy atom. The normalized spacial score (nSPS) is 14.6. The molecule has 0 unspecified atom stereocenters. The zero-order chi connectivity index (χ0) is 58.8. The van der Waals surface area contributed by atoms with Crippen LogP contribution in [0.5, 0.6) is 11.5 Å². The van der Waals surface area contributed by atoms with Crippen LogP contribution in [0.1, 0.15) is 65.4 Å². The molecule has 6 heterocycles. The molecular weight excluding hydrogens is 1230 g/mol. The number of carbonyl (C=O) groups excluding carboxylic acids is 4. The number of thiophene rings is 4. The second kappa shape index (κ2) is 22.5. The standard InChI is InChI=1S/C68H40O10S8/c69-63(73-33-37-17-5-1-6-18-37)67(64(70)74-34-38-19-7-2-8-20-38)51-59(57-49(77-67)31-41(83-57)29-47-53(79)43-25-13-14-26-44(43)54(47)80)85-62-52-60(86-61(51)62)58-50(32-42(84-58)30-48-55(81)45-27-15-16-28-46(45)56(48)82)78-68(52,65(71)75-35-39-21-9-3-10-22-39)66(72)76-36-40-23-11-4-12-24-40/h1-32H,33-36H2. The summed E-state index contributed by atoms with van der Waals surface area (Å²) in [5.41, 5.74) is 2.08. The Balaban J connectivity index is 1.01. The lowest BCUT2D eigenvalue weighted by atomic mass is 9.88. The number of carbonyl (C=O) groups is 4. The van der Waals surface area contributed by atoms with Crippen LogP contribution in [0.3, 0.4) is 0 Å². The summed E-state index contributed by atoms with van der Waals surface area (Å²) in [7, 11) is 0. The van der Waals surface area contributed by atoms with Gasteiger partial charge in [-0.25, -0.2) is 19.2 Å². The molecule has 4 aromatic heterocycles. The first-order valence-corrected chi connectivity index (χ1v) is 31.7. The highest BCUT2D eigenvalue weighted by Crippen LogP contribution is 2.64. The van der Waals surface area contributed by atoms with Gasteiger partial charge in [-0.1, -0.05) is 219 Å².